The van der Waals surface area contributed by atoms with E-state index in [4.69, 9.17) is 4.74 Å². The molecule has 0 spiro atoms. The Morgan fingerprint density at radius 1 is 1.33 bits per heavy atom. The summed E-state index contributed by atoms with van der Waals surface area (Å²) in [7, 11) is 0. The smallest absolute Gasteiger partial charge is 0.191 e. The van der Waals surface area contributed by atoms with Crippen molar-refractivity contribution in [3.8, 4) is 0 Å². The minimum Gasteiger partial charge on any atom is -0.376 e. The van der Waals surface area contributed by atoms with E-state index in [0.717, 1.165) is 38.5 Å². The van der Waals surface area contributed by atoms with Gasteiger partial charge in [-0.2, -0.15) is 0 Å². The molecule has 4 nitrogen and oxygen atoms in total. The van der Waals surface area contributed by atoms with Crippen LogP contribution in [0, 0.1) is 5.82 Å². The van der Waals surface area contributed by atoms with Gasteiger partial charge >= 0.3 is 0 Å². The molecule has 1 aromatic rings. The third kappa shape index (κ3) is 6.20. The maximum atomic E-state index is 14.0. The highest BCUT2D eigenvalue weighted by Gasteiger charge is 2.24. The Kier molecular flexibility index (Phi) is 8.97. The fourth-order valence-corrected chi connectivity index (χ4v) is 2.73. The molecule has 136 valence electrons. The summed E-state index contributed by atoms with van der Waals surface area (Å²) in [6.07, 6.45) is 2.48. The molecule has 1 aliphatic rings. The minimum atomic E-state index is -0.364. The number of rotatable bonds is 6. The van der Waals surface area contributed by atoms with Gasteiger partial charge in [-0.1, -0.05) is 32.0 Å². The van der Waals surface area contributed by atoms with Crippen LogP contribution in [-0.4, -0.2) is 38.3 Å². The molecule has 1 heterocycles. The van der Waals surface area contributed by atoms with Gasteiger partial charge in [0, 0.05) is 25.1 Å². The Bertz CT molecular complexity index is 531. The summed E-state index contributed by atoms with van der Waals surface area (Å²) in [5, 5.41) is 6.56. The van der Waals surface area contributed by atoms with Gasteiger partial charge in [0.2, 0.25) is 0 Å². The average Bonchev–Trinajstić information content (AvgIpc) is 3.04. The maximum Gasteiger partial charge on any atom is 0.191 e. The molecule has 2 N–H and O–H groups in total. The van der Waals surface area contributed by atoms with E-state index in [1.807, 2.05) is 32.9 Å². The Morgan fingerprint density at radius 2 is 2.08 bits per heavy atom. The number of hydrogen-bond acceptors (Lipinski definition) is 2. The second-order valence-electron chi connectivity index (χ2n) is 6.57. The van der Waals surface area contributed by atoms with Crippen molar-refractivity contribution >= 4 is 29.9 Å². The molecule has 1 fully saturated rings. The predicted molar refractivity (Wildman–Crippen MR) is 108 cm³/mol. The fraction of sp³-hybridized carbons (Fsp3) is 0.611. The van der Waals surface area contributed by atoms with Crippen molar-refractivity contribution in [2.24, 2.45) is 4.99 Å². The summed E-state index contributed by atoms with van der Waals surface area (Å²) in [4.78, 5) is 4.64. The van der Waals surface area contributed by atoms with Crippen molar-refractivity contribution < 1.29 is 9.13 Å². The lowest BCUT2D eigenvalue weighted by atomic mass is 9.84. The topological polar surface area (TPSA) is 45.7 Å². The van der Waals surface area contributed by atoms with E-state index in [-0.39, 0.29) is 41.3 Å². The highest BCUT2D eigenvalue weighted by molar-refractivity contribution is 14.0. The molecule has 0 radical (unpaired) electrons. The number of ether oxygens (including phenoxy) is 1. The maximum absolute atomic E-state index is 14.0. The molecule has 0 aromatic heterocycles. The summed E-state index contributed by atoms with van der Waals surface area (Å²) in [6.45, 7) is 8.96. The lowest BCUT2D eigenvalue weighted by Gasteiger charge is -2.24. The molecule has 0 saturated carbocycles. The van der Waals surface area contributed by atoms with Gasteiger partial charge < -0.3 is 15.4 Å². The molecule has 0 bridgehead atoms. The summed E-state index contributed by atoms with van der Waals surface area (Å²) in [5.41, 5.74) is 0.330. The van der Waals surface area contributed by atoms with E-state index in [1.54, 1.807) is 6.07 Å². The van der Waals surface area contributed by atoms with Gasteiger partial charge in [-0.05, 0) is 31.4 Å². The van der Waals surface area contributed by atoms with Gasteiger partial charge in [-0.15, -0.1) is 24.0 Å². The van der Waals surface area contributed by atoms with Crippen molar-refractivity contribution in [3.05, 3.63) is 35.6 Å². The van der Waals surface area contributed by atoms with Crippen molar-refractivity contribution in [2.45, 2.75) is 45.1 Å². The molecule has 0 amide bonds. The van der Waals surface area contributed by atoms with Crippen molar-refractivity contribution in [1.82, 2.24) is 10.6 Å². The van der Waals surface area contributed by atoms with E-state index < -0.39 is 0 Å². The van der Waals surface area contributed by atoms with Gasteiger partial charge in [0.25, 0.3) is 0 Å². The Morgan fingerprint density at radius 3 is 2.71 bits per heavy atom. The first kappa shape index (κ1) is 21.2. The van der Waals surface area contributed by atoms with Crippen LogP contribution in [0.2, 0.25) is 0 Å². The van der Waals surface area contributed by atoms with E-state index >= 15 is 0 Å². The zero-order valence-corrected chi connectivity index (χ0v) is 17.1. The van der Waals surface area contributed by atoms with Crippen LogP contribution in [0.3, 0.4) is 0 Å². The lowest BCUT2D eigenvalue weighted by molar-refractivity contribution is 0.114. The molecule has 1 aromatic carbocycles. The largest absolute Gasteiger partial charge is 0.376 e. The third-order valence-corrected chi connectivity index (χ3v) is 4.10. The lowest BCUT2D eigenvalue weighted by Crippen LogP contribution is -2.41. The molecule has 1 saturated heterocycles. The third-order valence-electron chi connectivity index (χ3n) is 4.10. The SMILES string of the molecule is CCNC(=NCC(C)(C)c1ccccc1F)NCC1CCCO1.I. The van der Waals surface area contributed by atoms with Gasteiger partial charge in [0.1, 0.15) is 5.82 Å². The summed E-state index contributed by atoms with van der Waals surface area (Å²) >= 11 is 0. The van der Waals surface area contributed by atoms with Crippen LogP contribution < -0.4 is 10.6 Å². The number of nitrogens with one attached hydrogen (secondary N) is 2. The summed E-state index contributed by atoms with van der Waals surface area (Å²) < 4.78 is 19.6. The molecular weight excluding hydrogens is 420 g/mol. The Hall–Kier alpha value is -0.890. The first-order valence-electron chi connectivity index (χ1n) is 8.41. The van der Waals surface area contributed by atoms with Gasteiger partial charge in [0.15, 0.2) is 5.96 Å². The van der Waals surface area contributed by atoms with E-state index in [1.165, 1.54) is 6.07 Å². The number of guanidine groups is 1. The quantitative estimate of drug-likeness (QED) is 0.397. The monoisotopic (exact) mass is 449 g/mol. The van der Waals surface area contributed by atoms with Crippen LogP contribution in [0.15, 0.2) is 29.3 Å². The first-order valence-corrected chi connectivity index (χ1v) is 8.41. The summed E-state index contributed by atoms with van der Waals surface area (Å²) in [6, 6.07) is 6.91. The molecule has 6 heteroatoms. The molecule has 1 unspecified atom stereocenters. The molecule has 1 aliphatic heterocycles. The van der Waals surface area contributed by atoms with Gasteiger partial charge in [-0.25, -0.2) is 4.39 Å². The molecule has 2 rings (SSSR count). The van der Waals surface area contributed by atoms with E-state index in [2.05, 4.69) is 15.6 Å². The van der Waals surface area contributed by atoms with Crippen molar-refractivity contribution in [3.63, 3.8) is 0 Å². The second-order valence-corrected chi connectivity index (χ2v) is 6.57. The Balaban J connectivity index is 0.00000288. The molecule has 24 heavy (non-hydrogen) atoms. The van der Waals surface area contributed by atoms with Crippen LogP contribution in [0.4, 0.5) is 4.39 Å². The summed E-state index contributed by atoms with van der Waals surface area (Å²) in [5.74, 6) is 0.581. The Labute approximate surface area is 161 Å². The van der Waals surface area contributed by atoms with Gasteiger partial charge in [0.05, 0.1) is 12.6 Å². The van der Waals surface area contributed by atoms with Crippen LogP contribution in [0.1, 0.15) is 39.2 Å². The number of aliphatic imine (C=N–C) groups is 1. The zero-order valence-electron chi connectivity index (χ0n) is 14.8. The van der Waals surface area contributed by atoms with E-state index in [9.17, 15) is 4.39 Å². The van der Waals surface area contributed by atoms with Gasteiger partial charge in [-0.3, -0.25) is 4.99 Å². The normalized spacial score (nSPS) is 18.2. The highest BCUT2D eigenvalue weighted by Crippen LogP contribution is 2.25. The van der Waals surface area contributed by atoms with Crippen LogP contribution in [0.5, 0.6) is 0 Å². The van der Waals surface area contributed by atoms with Crippen LogP contribution in [0.25, 0.3) is 0 Å². The first-order chi connectivity index (χ1) is 11.0. The number of hydrogen-bond donors (Lipinski definition) is 2. The zero-order chi connectivity index (χ0) is 16.7. The van der Waals surface area contributed by atoms with Crippen molar-refractivity contribution in [1.29, 1.82) is 0 Å². The highest BCUT2D eigenvalue weighted by atomic mass is 127. The average molecular weight is 449 g/mol. The van der Waals surface area contributed by atoms with Crippen LogP contribution in [-0.2, 0) is 10.2 Å². The number of halogens is 2. The fourth-order valence-electron chi connectivity index (χ4n) is 2.73. The van der Waals surface area contributed by atoms with E-state index in [0.29, 0.717) is 12.1 Å². The standard InChI is InChI=1S/C18H28FN3O.HI/c1-4-20-17(21-12-14-8-7-11-23-14)22-13-18(2,3)15-9-5-6-10-16(15)19;/h5-6,9-10,14H,4,7-8,11-13H2,1-3H3,(H2,20,21,22);1H. The van der Waals surface area contributed by atoms with Crippen LogP contribution >= 0.6 is 24.0 Å². The molecule has 1 atom stereocenters. The van der Waals surface area contributed by atoms with Crippen molar-refractivity contribution in [2.75, 3.05) is 26.2 Å². The molecule has 0 aliphatic carbocycles. The molecular formula is C18H29FIN3O. The second kappa shape index (κ2) is 10.2. The predicted octanol–water partition coefficient (Wildman–Crippen LogP) is 3.46. The minimum absolute atomic E-state index is 0. The number of nitrogens with zero attached hydrogens (tertiary/aromatic N) is 1. The number of benzene rings is 1.